The van der Waals surface area contributed by atoms with Crippen LogP contribution in [0.25, 0.3) is 28.3 Å². The number of aryl methyl sites for hydroxylation is 1. The van der Waals surface area contributed by atoms with Gasteiger partial charge in [-0.3, -0.25) is 14.4 Å². The van der Waals surface area contributed by atoms with Crippen molar-refractivity contribution in [2.45, 2.75) is 168 Å². The smallest absolute Gasteiger partial charge is 0.283 e. The third kappa shape index (κ3) is 19.9. The number of halogens is 3. The van der Waals surface area contributed by atoms with Gasteiger partial charge in [-0.25, -0.2) is 60.6 Å². The second-order valence-corrected chi connectivity index (χ2v) is 38.1. The number of sulfonamides is 3. The van der Waals surface area contributed by atoms with Crippen molar-refractivity contribution < 1.29 is 62.3 Å². The van der Waals surface area contributed by atoms with E-state index in [0.29, 0.717) is 104 Å². The zero-order valence-electron chi connectivity index (χ0n) is 66.1. The molecule has 113 heavy (non-hydrogen) atoms. The lowest BCUT2D eigenvalue weighted by Crippen LogP contribution is -2.53. The lowest BCUT2D eigenvalue weighted by molar-refractivity contribution is 0.0972. The highest BCUT2D eigenvalue weighted by molar-refractivity contribution is 7.90. The molecule has 0 aliphatic carbocycles. The lowest BCUT2D eigenvalue weighted by Gasteiger charge is -2.34. The van der Waals surface area contributed by atoms with Gasteiger partial charge in [-0.2, -0.15) is 21.1 Å². The summed E-state index contributed by atoms with van der Waals surface area (Å²) < 4.78 is 139. The number of nitrogens with one attached hydrogen (secondary N) is 3. The Hall–Kier alpha value is -9.83. The Balaban J connectivity index is 0.000000168. The summed E-state index contributed by atoms with van der Waals surface area (Å²) in [5, 5.41) is 7.18. The number of nitrogens with zero attached hydrogens (tertiary/aromatic N) is 11. The van der Waals surface area contributed by atoms with Crippen LogP contribution in [-0.2, 0) is 30.1 Å². The first-order valence-electron chi connectivity index (χ1n) is 37.7. The van der Waals surface area contributed by atoms with Gasteiger partial charge in [0.2, 0.25) is 15.9 Å². The molecule has 5 fully saturated rings. The zero-order chi connectivity index (χ0) is 82.2. The van der Waals surface area contributed by atoms with E-state index in [1.165, 1.54) is 65.1 Å². The summed E-state index contributed by atoms with van der Waals surface area (Å²) in [6, 6.07) is 26.0. The number of benzene rings is 2. The van der Waals surface area contributed by atoms with Crippen LogP contribution in [0.4, 0.5) is 42.1 Å². The molecule has 0 radical (unpaired) electrons. The second kappa shape index (κ2) is 33.3. The first-order chi connectivity index (χ1) is 52.9. The number of nitrogen functional groups attached to an aromatic ring is 2. The van der Waals surface area contributed by atoms with Crippen molar-refractivity contribution in [3.05, 3.63) is 155 Å². The van der Waals surface area contributed by atoms with E-state index in [-0.39, 0.29) is 80.3 Å². The number of carbonyl (C=O) groups excluding carboxylic acids is 3. The van der Waals surface area contributed by atoms with Crippen LogP contribution in [0.1, 0.15) is 159 Å². The Bertz CT molecular complexity index is 5230. The fourth-order valence-corrected chi connectivity index (χ4v) is 19.0. The van der Waals surface area contributed by atoms with E-state index in [2.05, 4.69) is 97.3 Å². The summed E-state index contributed by atoms with van der Waals surface area (Å²) in [4.78, 5) is 68.3. The van der Waals surface area contributed by atoms with Crippen molar-refractivity contribution in [1.29, 1.82) is 0 Å². The predicted molar refractivity (Wildman–Crippen MR) is 428 cm³/mol. The number of nitrogens with two attached hydrogens (primary N) is 2. The Morgan fingerprint density at radius 3 is 1.58 bits per heavy atom. The normalized spacial score (nSPS) is 19.8. The van der Waals surface area contributed by atoms with Gasteiger partial charge in [0, 0.05) is 103 Å². The van der Waals surface area contributed by atoms with Crippen molar-refractivity contribution in [2.24, 2.45) is 29.6 Å². The van der Waals surface area contributed by atoms with Gasteiger partial charge in [0.25, 0.3) is 31.9 Å². The summed E-state index contributed by atoms with van der Waals surface area (Å²) >= 11 is 0. The number of amides is 2. The largest absolute Gasteiger partial charge is 0.493 e. The van der Waals surface area contributed by atoms with Crippen LogP contribution in [0.2, 0.25) is 0 Å². The number of carbonyl (C=O) groups is 3. The molecule has 6 aromatic heterocycles. The molecule has 13 rings (SSSR count). The molecule has 2 amide bonds. The topological polar surface area (TPSA) is 355 Å². The Labute approximate surface area is 659 Å². The van der Waals surface area contributed by atoms with Gasteiger partial charge < -0.3 is 41.0 Å². The minimum absolute atomic E-state index is 0.000257. The number of piperazine rings is 1. The number of anilines is 5. The number of ether oxygens (including phenoxy) is 2. The van der Waals surface area contributed by atoms with Crippen molar-refractivity contribution in [3.63, 3.8) is 0 Å². The van der Waals surface area contributed by atoms with E-state index < -0.39 is 86.5 Å². The third-order valence-corrected chi connectivity index (χ3v) is 24.6. The minimum atomic E-state index is -4.32. The molecule has 606 valence electrons. The van der Waals surface area contributed by atoms with E-state index in [1.807, 2.05) is 55.2 Å². The minimum Gasteiger partial charge on any atom is -0.493 e. The van der Waals surface area contributed by atoms with Gasteiger partial charge in [0.15, 0.2) is 21.7 Å². The van der Waals surface area contributed by atoms with Gasteiger partial charge in [-0.15, -0.1) is 5.10 Å². The molecule has 11 heterocycles. The van der Waals surface area contributed by atoms with Crippen LogP contribution in [0, 0.1) is 54.0 Å². The molecule has 7 N–H and O–H groups in total. The molecule has 2 aromatic carbocycles. The SMILES string of the molecule is CC(C)COc1cc(F)cc(-c2ccc(C(=O)CS(=O)(=O)N3CC4CCC(C3)N4)c(N3C[C@@H](C)CC3(C)C)n2)c1.C[C@@H]1CN(c2nc(-c3cc(F)cc(F)c3)ccc2C(=O)NS(=O)(=O)c2cccc(N)n2)C(C)(C)C1.Cc1cc(OCC(C)C)nn1-c1ccc(C(=O)NS(=O)(=O)c2ncccc2N)c(N2C[C@@H](C)CC2(C)C)n1. The average Bonchev–Trinajstić information content (AvgIpc) is 1.71. The van der Waals surface area contributed by atoms with Crippen molar-refractivity contribution >= 4 is 76.6 Å². The van der Waals surface area contributed by atoms with Crippen molar-refractivity contribution in [2.75, 3.05) is 77.9 Å². The number of hydrogen-bond acceptors (Lipinski definition) is 23. The highest BCUT2D eigenvalue weighted by Gasteiger charge is 2.44. The number of fused-ring (bicyclic) bond motifs is 2. The molecule has 5 saturated heterocycles. The second-order valence-electron chi connectivity index (χ2n) is 33.0. The fraction of sp³-hybridized carbons (Fsp3) is 0.463. The number of pyridine rings is 5. The standard InChI is InChI=1S/C30H41FN4O4S.C26H35N7O4S.C24H25F2N5O3S/c1-19(2)17-39-25-11-21(10-22(31)12-25)27-9-8-26(29(33-27)35-14-20(3)13-30(35,4)5)28(36)18-40(37,38)34-15-23-6-7-24(16-34)32-23;1-16(2)15-37-22-12-18(4)33(30-22)21-10-9-19(23(29-21)32-14-17(3)13-26(32,5)6)24(34)31-38(35,36)25-20(27)8-7-11-28-25;1-14-12-24(2,3)31(13-14)22-18(7-8-19(28-22)15-9-16(25)11-17(26)10-15)23(32)30-35(33,34)21-6-4-5-20(27)29-21/h8-12,19-20,23-24,32H,6-7,13-18H2,1-5H3;7-12,16-17H,13-15,27H2,1-6H3,(H,31,34);4-11,14H,12-13H2,1-3H3,(H2,27,29)(H,30,32)/t20-,23?,24?;17-;14-/m000/s1. The molecular weight excluding hydrogens is 1510 g/mol. The molecular formula is C80H101F3N16O11S3. The van der Waals surface area contributed by atoms with Gasteiger partial charge >= 0.3 is 0 Å². The molecule has 27 nitrogen and oxygen atoms in total. The van der Waals surface area contributed by atoms with Crippen molar-refractivity contribution in [3.8, 4) is 40.0 Å². The van der Waals surface area contributed by atoms with Crippen LogP contribution in [-0.4, -0.2) is 162 Å². The van der Waals surface area contributed by atoms with Crippen LogP contribution >= 0.6 is 0 Å². The third-order valence-electron chi connectivity index (χ3n) is 20.4. The summed E-state index contributed by atoms with van der Waals surface area (Å²) in [6.07, 6.45) is 5.80. The van der Waals surface area contributed by atoms with E-state index in [4.69, 9.17) is 30.9 Å². The molecule has 5 atom stereocenters. The van der Waals surface area contributed by atoms with Gasteiger partial charge in [0.1, 0.15) is 52.2 Å². The highest BCUT2D eigenvalue weighted by Crippen LogP contribution is 2.43. The summed E-state index contributed by atoms with van der Waals surface area (Å²) in [7, 11) is -12.4. The molecule has 33 heteroatoms. The number of hydrogen-bond donors (Lipinski definition) is 5. The van der Waals surface area contributed by atoms with Crippen LogP contribution in [0.15, 0.2) is 125 Å². The maximum atomic E-state index is 14.6. The quantitative estimate of drug-likeness (QED) is 0.0393. The number of Topliss-reactive ketones (excluding diaryl/α,β-unsaturated/α-hetero) is 1. The Morgan fingerprint density at radius 2 is 1.06 bits per heavy atom. The van der Waals surface area contributed by atoms with Gasteiger partial charge in [-0.05, 0) is 195 Å². The number of ketones is 1. The molecule has 2 unspecified atom stereocenters. The van der Waals surface area contributed by atoms with E-state index in [9.17, 15) is 52.8 Å². The van der Waals surface area contributed by atoms with Gasteiger partial charge in [0.05, 0.1) is 47.0 Å². The summed E-state index contributed by atoms with van der Waals surface area (Å²) in [5.41, 5.74) is 13.0. The molecule has 2 bridgehead atoms. The van der Waals surface area contributed by atoms with Crippen molar-refractivity contribution in [1.82, 2.24) is 53.8 Å². The fourth-order valence-electron chi connectivity index (χ4n) is 15.6. The average molecular weight is 1620 g/mol. The van der Waals surface area contributed by atoms with E-state index in [0.717, 1.165) is 56.0 Å². The number of rotatable bonds is 22. The molecule has 5 aliphatic heterocycles. The molecule has 0 saturated carbocycles. The first kappa shape index (κ1) is 84.1. The first-order valence-corrected chi connectivity index (χ1v) is 42.3. The zero-order valence-corrected chi connectivity index (χ0v) is 68.6. The van der Waals surface area contributed by atoms with E-state index >= 15 is 0 Å². The van der Waals surface area contributed by atoms with Crippen LogP contribution in [0.5, 0.6) is 11.6 Å². The lowest BCUT2D eigenvalue weighted by atomic mass is 9.97. The monoisotopic (exact) mass is 1610 g/mol. The molecule has 5 aliphatic rings. The number of aromatic nitrogens is 7. The maximum absolute atomic E-state index is 14.6. The maximum Gasteiger partial charge on any atom is 0.283 e. The molecule has 0 spiro atoms. The van der Waals surface area contributed by atoms with Crippen LogP contribution < -0.4 is 50.4 Å². The molecule has 8 aromatic rings. The van der Waals surface area contributed by atoms with Gasteiger partial charge in [-0.1, -0.05) is 54.5 Å². The Morgan fingerprint density at radius 1 is 0.575 bits per heavy atom. The Kier molecular flexibility index (Phi) is 24.8. The predicted octanol–water partition coefficient (Wildman–Crippen LogP) is 11.6. The summed E-state index contributed by atoms with van der Waals surface area (Å²) in [5.74, 6) is -0.736. The highest BCUT2D eigenvalue weighted by atomic mass is 32.2. The van der Waals surface area contributed by atoms with Crippen LogP contribution in [0.3, 0.4) is 0 Å². The van der Waals surface area contributed by atoms with E-state index in [1.54, 1.807) is 35.0 Å². The summed E-state index contributed by atoms with van der Waals surface area (Å²) in [6.45, 7) is 32.4.